The number of fused-ring (bicyclic) bond motifs is 2. The van der Waals surface area contributed by atoms with Gasteiger partial charge in [-0.25, -0.2) is 14.4 Å². The number of amides is 1. The normalized spacial score (nSPS) is 22.7. The van der Waals surface area contributed by atoms with E-state index in [1.165, 1.54) is 46.3 Å². The molecule has 0 spiro atoms. The number of hydrogen-bond donors (Lipinski definition) is 2. The molecule has 1 fully saturated rings. The molecular weight excluding hydrogens is 734 g/mol. The zero-order valence-electron chi connectivity index (χ0n) is 32.2. The molecule has 0 unspecified atom stereocenters. The van der Waals surface area contributed by atoms with Crippen molar-refractivity contribution in [2.24, 2.45) is 17.8 Å². The van der Waals surface area contributed by atoms with E-state index in [1.54, 1.807) is 57.2 Å². The van der Waals surface area contributed by atoms with Crippen molar-refractivity contribution in [3.8, 4) is 28.7 Å². The Balaban J connectivity index is 1.25. The molecule has 2 aromatic carbocycles. The topological polar surface area (TPSA) is 201 Å². The largest absolute Gasteiger partial charge is 0.493 e. The predicted molar refractivity (Wildman–Crippen MR) is 196 cm³/mol. The highest BCUT2D eigenvalue weighted by Crippen LogP contribution is 2.56. The average molecular weight is 780 g/mol. The van der Waals surface area contributed by atoms with Gasteiger partial charge in [0.15, 0.2) is 29.2 Å². The zero-order chi connectivity index (χ0) is 40.4. The third-order valence-corrected chi connectivity index (χ3v) is 10.2. The summed E-state index contributed by atoms with van der Waals surface area (Å²) in [6.45, 7) is 4.75. The molecule has 300 valence electrons. The monoisotopic (exact) mass is 779 g/mol. The van der Waals surface area contributed by atoms with Crippen molar-refractivity contribution in [2.75, 3.05) is 48.8 Å². The number of cyclic esters (lactones) is 1. The van der Waals surface area contributed by atoms with Gasteiger partial charge in [-0.3, -0.25) is 19.1 Å². The van der Waals surface area contributed by atoms with Gasteiger partial charge in [0.2, 0.25) is 5.75 Å². The average Bonchev–Trinajstić information content (AvgIpc) is 3.82. The maximum atomic E-state index is 14.1. The highest BCUT2D eigenvalue weighted by atomic mass is 16.6. The molecule has 17 nitrogen and oxygen atoms in total. The van der Waals surface area contributed by atoms with Crippen molar-refractivity contribution in [3.63, 3.8) is 0 Å². The number of methoxy groups -OCH3 is 5. The Morgan fingerprint density at radius 3 is 2.14 bits per heavy atom. The number of aromatic nitrogens is 2. The van der Waals surface area contributed by atoms with Gasteiger partial charge < -0.3 is 47.9 Å². The molecule has 1 aliphatic carbocycles. The first kappa shape index (κ1) is 39.7. The van der Waals surface area contributed by atoms with E-state index in [-0.39, 0.29) is 13.2 Å². The lowest BCUT2D eigenvalue weighted by atomic mass is 9.66. The maximum absolute atomic E-state index is 14.1. The number of carbonyl (C=O) groups excluding carboxylic acids is 3. The van der Waals surface area contributed by atoms with Crippen molar-refractivity contribution < 1.29 is 57.0 Å². The third-order valence-electron chi connectivity index (χ3n) is 10.2. The molecule has 0 radical (unpaired) electrons. The van der Waals surface area contributed by atoms with E-state index in [2.05, 4.69) is 10.3 Å². The molecule has 2 aliphatic heterocycles. The lowest BCUT2D eigenvalue weighted by Crippen LogP contribution is -2.47. The van der Waals surface area contributed by atoms with E-state index in [4.69, 9.17) is 42.6 Å². The fourth-order valence-electron chi connectivity index (χ4n) is 7.42. The Labute approximate surface area is 321 Å². The van der Waals surface area contributed by atoms with Crippen LogP contribution in [-0.4, -0.2) is 88.5 Å². The van der Waals surface area contributed by atoms with Crippen LogP contribution in [0.5, 0.6) is 28.7 Å². The number of rotatable bonds is 13. The summed E-state index contributed by atoms with van der Waals surface area (Å²) < 4.78 is 52.5. The van der Waals surface area contributed by atoms with Crippen LogP contribution in [0.2, 0.25) is 0 Å². The van der Waals surface area contributed by atoms with Crippen molar-refractivity contribution in [3.05, 3.63) is 85.7 Å². The van der Waals surface area contributed by atoms with Crippen LogP contribution in [0.3, 0.4) is 0 Å². The van der Waals surface area contributed by atoms with Crippen LogP contribution in [0.15, 0.2) is 52.2 Å². The highest BCUT2D eigenvalue weighted by Gasteiger charge is 2.54. The molecule has 3 aromatic rings. The van der Waals surface area contributed by atoms with Gasteiger partial charge in [0.1, 0.15) is 24.9 Å². The second-order valence-corrected chi connectivity index (χ2v) is 13.8. The number of H-pyrrole nitrogens is 1. The Morgan fingerprint density at radius 2 is 1.54 bits per heavy atom. The van der Waals surface area contributed by atoms with E-state index < -0.39 is 77.4 Å². The van der Waals surface area contributed by atoms with Crippen LogP contribution < -0.4 is 40.3 Å². The molecule has 1 amide bonds. The molecule has 7 atom stereocenters. The highest BCUT2D eigenvalue weighted by molar-refractivity contribution is 5.83. The summed E-state index contributed by atoms with van der Waals surface area (Å²) in [5.41, 5.74) is 0.998. The molecule has 3 aliphatic rings. The molecule has 3 heterocycles. The fraction of sp³-hybridized carbons (Fsp3) is 0.462. The number of ether oxygens (including phenoxy) is 9. The van der Waals surface area contributed by atoms with Gasteiger partial charge in [-0.15, -0.1) is 0 Å². The number of benzene rings is 2. The van der Waals surface area contributed by atoms with Crippen molar-refractivity contribution >= 4 is 18.0 Å². The standard InChI is InChI=1S/C39H45N3O14/c1-18(2)32(40-39(47)54-16-21-9-10-29(55-21)42-15-19(3)35(43)41-38(42)46)37(45)56-33-23-14-26(49-5)25(48-4)13-22(23)30(31-24(33)17-53-36(31)44)20-11-27(50-6)34(52-8)28(12-20)51-7/h9-15,18,21,24,29-33H,16-17H2,1-8H3,(H,40,47)(H,41,43,46)/t21-,24-,29+,30+,31-,32-,33+/m0/s1. The summed E-state index contributed by atoms with van der Waals surface area (Å²) in [4.78, 5) is 67.1. The minimum Gasteiger partial charge on any atom is -0.493 e. The van der Waals surface area contributed by atoms with E-state index in [1.807, 2.05) is 0 Å². The van der Waals surface area contributed by atoms with Gasteiger partial charge in [0.25, 0.3) is 5.56 Å². The van der Waals surface area contributed by atoms with Crippen LogP contribution in [-0.2, 0) is 28.5 Å². The van der Waals surface area contributed by atoms with Gasteiger partial charge in [-0.05, 0) is 54.3 Å². The number of esters is 2. The van der Waals surface area contributed by atoms with Crippen molar-refractivity contribution in [1.82, 2.24) is 14.9 Å². The van der Waals surface area contributed by atoms with E-state index >= 15 is 0 Å². The first-order valence-corrected chi connectivity index (χ1v) is 17.9. The third kappa shape index (κ3) is 7.50. The van der Waals surface area contributed by atoms with Gasteiger partial charge >= 0.3 is 23.7 Å². The number of hydrogen-bond acceptors (Lipinski definition) is 14. The molecule has 17 heteroatoms. The number of aromatic amines is 1. The molecule has 56 heavy (non-hydrogen) atoms. The Morgan fingerprint density at radius 1 is 0.893 bits per heavy atom. The lowest BCUT2D eigenvalue weighted by molar-refractivity contribution is -0.158. The van der Waals surface area contributed by atoms with Crippen LogP contribution in [0.25, 0.3) is 0 Å². The van der Waals surface area contributed by atoms with Crippen LogP contribution in [0.1, 0.15) is 54.4 Å². The fourth-order valence-corrected chi connectivity index (χ4v) is 7.42. The number of alkyl carbamates (subject to hydrolysis) is 1. The van der Waals surface area contributed by atoms with E-state index in [0.717, 1.165) is 0 Å². The second-order valence-electron chi connectivity index (χ2n) is 13.8. The summed E-state index contributed by atoms with van der Waals surface area (Å²) in [5.74, 6) is -1.88. The summed E-state index contributed by atoms with van der Waals surface area (Å²) >= 11 is 0. The quantitative estimate of drug-likeness (QED) is 0.145. The Bertz CT molecular complexity index is 2120. The number of carbonyl (C=O) groups is 3. The lowest BCUT2D eigenvalue weighted by Gasteiger charge is -2.39. The summed E-state index contributed by atoms with van der Waals surface area (Å²) in [6, 6.07) is 5.84. The van der Waals surface area contributed by atoms with Crippen LogP contribution in [0, 0.1) is 24.7 Å². The Kier molecular flexibility index (Phi) is 11.6. The van der Waals surface area contributed by atoms with Crippen molar-refractivity contribution in [2.45, 2.75) is 51.2 Å². The predicted octanol–water partition coefficient (Wildman–Crippen LogP) is 3.31. The minimum atomic E-state index is -1.16. The van der Waals surface area contributed by atoms with Crippen molar-refractivity contribution in [1.29, 1.82) is 0 Å². The summed E-state index contributed by atoms with van der Waals surface area (Å²) in [6.07, 6.45) is 1.15. The second kappa shape index (κ2) is 16.4. The van der Waals surface area contributed by atoms with Crippen LogP contribution in [0.4, 0.5) is 4.79 Å². The van der Waals surface area contributed by atoms with Gasteiger partial charge in [-0.1, -0.05) is 19.9 Å². The number of nitrogens with zero attached hydrogens (tertiary/aromatic N) is 1. The summed E-state index contributed by atoms with van der Waals surface area (Å²) in [5, 5.41) is 2.61. The molecular formula is C39H45N3O14. The molecule has 1 saturated heterocycles. The van der Waals surface area contributed by atoms with Gasteiger partial charge in [-0.2, -0.15) is 0 Å². The molecule has 2 N–H and O–H groups in total. The summed E-state index contributed by atoms with van der Waals surface area (Å²) in [7, 11) is 7.46. The zero-order valence-corrected chi connectivity index (χ0v) is 32.2. The SMILES string of the molecule is COc1cc2c(cc1OC)[C@@H](OC(=O)[C@@H](NC(=O)OC[C@@H]1C=C[C@H](n3cc(C)c(=O)[nH]c3=O)O1)C(C)C)[C@H]1COC(=O)[C@@H]1[C@@H]2c1cc(OC)c(OC)c(OC)c1. The van der Waals surface area contributed by atoms with E-state index in [9.17, 15) is 24.0 Å². The first-order valence-electron chi connectivity index (χ1n) is 17.9. The van der Waals surface area contributed by atoms with Gasteiger partial charge in [0, 0.05) is 29.2 Å². The molecule has 6 rings (SSSR count). The first-order chi connectivity index (χ1) is 26.8. The number of aryl methyl sites for hydroxylation is 1. The maximum Gasteiger partial charge on any atom is 0.407 e. The van der Waals surface area contributed by atoms with Gasteiger partial charge in [0.05, 0.1) is 48.1 Å². The molecule has 1 aromatic heterocycles. The minimum absolute atomic E-state index is 0.0430. The molecule has 0 saturated carbocycles. The molecule has 0 bridgehead atoms. The van der Waals surface area contributed by atoms with E-state index in [0.29, 0.717) is 51.0 Å². The smallest absolute Gasteiger partial charge is 0.407 e. The van der Waals surface area contributed by atoms with Crippen LogP contribution >= 0.6 is 0 Å². The Hall–Kier alpha value is -5.97. The number of nitrogens with one attached hydrogen (secondary N) is 2.